The molecule has 0 saturated carbocycles. The van der Waals surface area contributed by atoms with Crippen molar-refractivity contribution in [2.45, 2.75) is 25.8 Å². The predicted molar refractivity (Wildman–Crippen MR) is 91.3 cm³/mol. The van der Waals surface area contributed by atoms with Crippen molar-refractivity contribution in [1.82, 2.24) is 4.90 Å². The van der Waals surface area contributed by atoms with Gasteiger partial charge >= 0.3 is 0 Å². The Hall–Kier alpha value is -1.71. The van der Waals surface area contributed by atoms with E-state index in [2.05, 4.69) is 17.9 Å². The summed E-state index contributed by atoms with van der Waals surface area (Å²) in [5, 5.41) is 0. The van der Waals surface area contributed by atoms with E-state index in [1.165, 1.54) is 0 Å². The van der Waals surface area contributed by atoms with Gasteiger partial charge in [-0.1, -0.05) is 37.3 Å². The van der Waals surface area contributed by atoms with Gasteiger partial charge in [-0.2, -0.15) is 0 Å². The van der Waals surface area contributed by atoms with Gasteiger partial charge < -0.3 is 10.6 Å². The first-order valence-corrected chi connectivity index (χ1v) is 7.75. The van der Waals surface area contributed by atoms with Crippen molar-refractivity contribution in [2.24, 2.45) is 5.73 Å². The highest BCUT2D eigenvalue weighted by Crippen LogP contribution is 2.30. The highest BCUT2D eigenvalue weighted by molar-refractivity contribution is 5.68. The van der Waals surface area contributed by atoms with Gasteiger partial charge in [0, 0.05) is 12.1 Å². The molecule has 0 heterocycles. The quantitative estimate of drug-likeness (QED) is 0.873. The minimum Gasteiger partial charge on any atom is -0.330 e. The van der Waals surface area contributed by atoms with Crippen LogP contribution in [0.1, 0.15) is 30.4 Å². The van der Waals surface area contributed by atoms with Crippen LogP contribution in [0.25, 0.3) is 11.1 Å². The molecule has 2 rings (SSSR count). The molecule has 0 aromatic heterocycles. The van der Waals surface area contributed by atoms with Crippen molar-refractivity contribution >= 4 is 0 Å². The van der Waals surface area contributed by atoms with Gasteiger partial charge in [0.05, 0.1) is 0 Å². The van der Waals surface area contributed by atoms with Crippen molar-refractivity contribution < 1.29 is 4.39 Å². The Morgan fingerprint density at radius 1 is 1.09 bits per heavy atom. The molecule has 2 N–H and O–H groups in total. The maximum absolute atomic E-state index is 14.4. The van der Waals surface area contributed by atoms with Crippen LogP contribution in [0.3, 0.4) is 0 Å². The third-order valence-corrected chi connectivity index (χ3v) is 3.95. The number of halogens is 1. The molecule has 2 aromatic rings. The van der Waals surface area contributed by atoms with Gasteiger partial charge in [0.25, 0.3) is 0 Å². The molecule has 0 aliphatic heterocycles. The van der Waals surface area contributed by atoms with Crippen LogP contribution in [-0.4, -0.2) is 25.5 Å². The molecule has 0 radical (unpaired) electrons. The topological polar surface area (TPSA) is 29.3 Å². The molecule has 2 nitrogen and oxygen atoms in total. The van der Waals surface area contributed by atoms with E-state index in [9.17, 15) is 4.39 Å². The average molecular weight is 300 g/mol. The lowest BCUT2D eigenvalue weighted by molar-refractivity contribution is 0.403. The van der Waals surface area contributed by atoms with Crippen molar-refractivity contribution in [1.29, 1.82) is 0 Å². The lowest BCUT2D eigenvalue weighted by Gasteiger charge is -2.17. The van der Waals surface area contributed by atoms with Crippen molar-refractivity contribution in [2.75, 3.05) is 20.6 Å². The maximum atomic E-state index is 14.4. The zero-order valence-electron chi connectivity index (χ0n) is 13.6. The van der Waals surface area contributed by atoms with E-state index < -0.39 is 0 Å². The first kappa shape index (κ1) is 16.7. The minimum absolute atomic E-state index is 0.171. The van der Waals surface area contributed by atoms with Crippen LogP contribution in [0.5, 0.6) is 0 Å². The largest absolute Gasteiger partial charge is 0.330 e. The molecule has 0 saturated heterocycles. The zero-order valence-corrected chi connectivity index (χ0v) is 13.6. The van der Waals surface area contributed by atoms with Gasteiger partial charge in [-0.25, -0.2) is 4.39 Å². The van der Waals surface area contributed by atoms with Crippen LogP contribution in [0.2, 0.25) is 0 Å². The molecule has 0 fully saturated rings. The second-order valence-corrected chi connectivity index (χ2v) is 6.11. The minimum atomic E-state index is -0.171. The Balaban J connectivity index is 2.46. The van der Waals surface area contributed by atoms with Crippen LogP contribution >= 0.6 is 0 Å². The van der Waals surface area contributed by atoms with Crippen LogP contribution in [0, 0.1) is 5.82 Å². The smallest absolute Gasteiger partial charge is 0.131 e. The second-order valence-electron chi connectivity index (χ2n) is 6.11. The summed E-state index contributed by atoms with van der Waals surface area (Å²) < 4.78 is 14.4. The molecule has 0 amide bonds. The van der Waals surface area contributed by atoms with Gasteiger partial charge in [-0.15, -0.1) is 0 Å². The zero-order chi connectivity index (χ0) is 16.1. The van der Waals surface area contributed by atoms with Gasteiger partial charge in [0.2, 0.25) is 0 Å². The van der Waals surface area contributed by atoms with Gasteiger partial charge in [0.1, 0.15) is 5.82 Å². The molecule has 22 heavy (non-hydrogen) atoms. The summed E-state index contributed by atoms with van der Waals surface area (Å²) in [7, 11) is 4.04. The van der Waals surface area contributed by atoms with Gasteiger partial charge in [-0.3, -0.25) is 0 Å². The molecule has 0 aliphatic rings. The van der Waals surface area contributed by atoms with Crippen molar-refractivity contribution in [3.63, 3.8) is 0 Å². The summed E-state index contributed by atoms with van der Waals surface area (Å²) in [6, 6.07) is 13.4. The van der Waals surface area contributed by atoms with Gasteiger partial charge in [-0.05, 0) is 61.8 Å². The maximum Gasteiger partial charge on any atom is 0.131 e. The standard InChI is InChI=1S/C19H25FN2/c1-14(10-11-21)15-8-9-19(20)18(12-15)17-7-5-4-6-16(17)13-22(2)3/h4-9,12,14H,10-11,13,21H2,1-3H3. The van der Waals surface area contributed by atoms with Gasteiger partial charge in [0.15, 0.2) is 0 Å². The Kier molecular flexibility index (Phi) is 5.69. The summed E-state index contributed by atoms with van der Waals surface area (Å²) >= 11 is 0. The fourth-order valence-corrected chi connectivity index (χ4v) is 2.73. The van der Waals surface area contributed by atoms with Crippen molar-refractivity contribution in [3.8, 4) is 11.1 Å². The third-order valence-electron chi connectivity index (χ3n) is 3.95. The van der Waals surface area contributed by atoms with E-state index in [1.807, 2.05) is 44.4 Å². The number of benzene rings is 2. The summed E-state index contributed by atoms with van der Waals surface area (Å²) in [6.07, 6.45) is 0.907. The van der Waals surface area contributed by atoms with Crippen molar-refractivity contribution in [3.05, 3.63) is 59.4 Å². The van der Waals surface area contributed by atoms with Crippen LogP contribution in [0.15, 0.2) is 42.5 Å². The molecule has 118 valence electrons. The molecule has 0 spiro atoms. The predicted octanol–water partition coefficient (Wildman–Crippen LogP) is 4.01. The summed E-state index contributed by atoms with van der Waals surface area (Å²) in [4.78, 5) is 2.09. The molecule has 1 atom stereocenters. The molecular formula is C19H25FN2. The second kappa shape index (κ2) is 7.52. The van der Waals surface area contributed by atoms with E-state index in [4.69, 9.17) is 5.73 Å². The lowest BCUT2D eigenvalue weighted by atomic mass is 9.92. The average Bonchev–Trinajstić information content (AvgIpc) is 2.48. The summed E-state index contributed by atoms with van der Waals surface area (Å²) in [6.45, 7) is 3.57. The Bertz CT molecular complexity index is 623. The summed E-state index contributed by atoms with van der Waals surface area (Å²) in [5.41, 5.74) is 9.57. The molecular weight excluding hydrogens is 275 g/mol. The third kappa shape index (κ3) is 3.93. The van der Waals surface area contributed by atoms with Crippen LogP contribution in [0.4, 0.5) is 4.39 Å². The molecule has 3 heteroatoms. The highest BCUT2D eigenvalue weighted by atomic mass is 19.1. The SMILES string of the molecule is CC(CCN)c1ccc(F)c(-c2ccccc2CN(C)C)c1. The summed E-state index contributed by atoms with van der Waals surface area (Å²) in [5.74, 6) is 0.167. The van der Waals surface area contributed by atoms with Crippen LogP contribution in [-0.2, 0) is 6.54 Å². The molecule has 2 aromatic carbocycles. The number of hydrogen-bond acceptors (Lipinski definition) is 2. The molecule has 1 unspecified atom stereocenters. The number of rotatable bonds is 6. The fourth-order valence-electron chi connectivity index (χ4n) is 2.73. The fraction of sp³-hybridized carbons (Fsp3) is 0.368. The monoisotopic (exact) mass is 300 g/mol. The van der Waals surface area contributed by atoms with E-state index in [-0.39, 0.29) is 5.82 Å². The number of nitrogens with two attached hydrogens (primary N) is 1. The highest BCUT2D eigenvalue weighted by Gasteiger charge is 2.13. The van der Waals surface area contributed by atoms with Crippen LogP contribution < -0.4 is 5.73 Å². The van der Waals surface area contributed by atoms with E-state index in [0.717, 1.165) is 29.7 Å². The Morgan fingerprint density at radius 2 is 1.82 bits per heavy atom. The van der Waals surface area contributed by atoms with E-state index in [1.54, 1.807) is 6.07 Å². The Labute approximate surface area is 132 Å². The van der Waals surface area contributed by atoms with E-state index >= 15 is 0 Å². The number of nitrogens with zero attached hydrogens (tertiary/aromatic N) is 1. The molecule has 0 bridgehead atoms. The normalized spacial score (nSPS) is 12.6. The van der Waals surface area contributed by atoms with E-state index in [0.29, 0.717) is 18.0 Å². The lowest BCUT2D eigenvalue weighted by Crippen LogP contribution is -2.11. The number of hydrogen-bond donors (Lipinski definition) is 1. The first-order valence-electron chi connectivity index (χ1n) is 7.75. The first-order chi connectivity index (χ1) is 10.5. The Morgan fingerprint density at radius 3 is 2.50 bits per heavy atom. The molecule has 0 aliphatic carbocycles.